The molecule has 1 aliphatic heterocycles. The van der Waals surface area contributed by atoms with E-state index in [-0.39, 0.29) is 0 Å². The molecule has 3 aromatic rings. The van der Waals surface area contributed by atoms with E-state index in [0.717, 1.165) is 47.6 Å². The molecule has 0 bridgehead atoms. The van der Waals surface area contributed by atoms with Crippen molar-refractivity contribution in [3.63, 3.8) is 0 Å². The smallest absolute Gasteiger partial charge is 0.188 e. The Labute approximate surface area is 144 Å². The van der Waals surface area contributed by atoms with Crippen molar-refractivity contribution < 1.29 is 0 Å². The van der Waals surface area contributed by atoms with Gasteiger partial charge in [0.05, 0.1) is 4.88 Å². The first-order chi connectivity index (χ1) is 11.9. The van der Waals surface area contributed by atoms with Crippen LogP contribution in [0.2, 0.25) is 0 Å². The summed E-state index contributed by atoms with van der Waals surface area (Å²) in [5.41, 5.74) is 2.32. The number of nitrogens with one attached hydrogen (secondary N) is 2. The molecule has 122 valence electrons. The number of rotatable bonds is 4. The zero-order valence-corrected chi connectivity index (χ0v) is 14.0. The maximum atomic E-state index is 4.45. The first-order valence-corrected chi connectivity index (χ1v) is 8.75. The number of thiazole rings is 1. The van der Waals surface area contributed by atoms with Crippen molar-refractivity contribution in [3.05, 3.63) is 49.1 Å². The Balaban J connectivity index is 1.50. The molecule has 24 heavy (non-hydrogen) atoms. The highest BCUT2D eigenvalue weighted by molar-refractivity contribution is 7.18. The van der Waals surface area contributed by atoms with Crippen LogP contribution in [0.25, 0.3) is 10.4 Å². The van der Waals surface area contributed by atoms with Crippen LogP contribution in [0.4, 0.5) is 16.6 Å². The Morgan fingerprint density at radius 3 is 2.71 bits per heavy atom. The number of pyridine rings is 2. The van der Waals surface area contributed by atoms with E-state index in [4.69, 9.17) is 0 Å². The Morgan fingerprint density at radius 1 is 1.04 bits per heavy atom. The maximum absolute atomic E-state index is 4.45. The zero-order valence-electron chi connectivity index (χ0n) is 13.1. The van der Waals surface area contributed by atoms with Crippen molar-refractivity contribution >= 4 is 28.0 Å². The summed E-state index contributed by atoms with van der Waals surface area (Å²) in [6, 6.07) is 8.11. The fraction of sp³-hybridized carbons (Fsp3) is 0.235. The van der Waals surface area contributed by atoms with Gasteiger partial charge in [0.1, 0.15) is 5.82 Å². The van der Waals surface area contributed by atoms with E-state index < -0.39 is 0 Å². The summed E-state index contributed by atoms with van der Waals surface area (Å²) in [6.07, 6.45) is 7.31. The van der Waals surface area contributed by atoms with Crippen molar-refractivity contribution in [3.8, 4) is 10.4 Å². The first-order valence-electron chi connectivity index (χ1n) is 7.93. The molecule has 4 heterocycles. The van der Waals surface area contributed by atoms with Gasteiger partial charge >= 0.3 is 0 Å². The number of hydrogen-bond donors (Lipinski definition) is 2. The number of nitrogens with zero attached hydrogens (tertiary/aromatic N) is 4. The second-order valence-electron chi connectivity index (χ2n) is 5.53. The molecular weight excluding hydrogens is 320 g/mol. The van der Waals surface area contributed by atoms with E-state index in [2.05, 4.69) is 42.6 Å². The van der Waals surface area contributed by atoms with Crippen LogP contribution < -0.4 is 15.5 Å². The Morgan fingerprint density at radius 2 is 1.88 bits per heavy atom. The third kappa shape index (κ3) is 3.37. The molecule has 0 radical (unpaired) electrons. The molecule has 1 aliphatic rings. The maximum Gasteiger partial charge on any atom is 0.188 e. The third-order valence-electron chi connectivity index (χ3n) is 3.93. The van der Waals surface area contributed by atoms with Gasteiger partial charge in [0.15, 0.2) is 5.13 Å². The van der Waals surface area contributed by atoms with Crippen LogP contribution in [-0.4, -0.2) is 41.1 Å². The predicted octanol–water partition coefficient (Wildman–Crippen LogP) is 2.75. The minimum absolute atomic E-state index is 0.821. The minimum atomic E-state index is 0.821. The largest absolute Gasteiger partial charge is 0.369 e. The fourth-order valence-electron chi connectivity index (χ4n) is 2.70. The highest BCUT2D eigenvalue weighted by Gasteiger charge is 2.11. The lowest BCUT2D eigenvalue weighted by atomic mass is 10.2. The Hall–Kier alpha value is -2.51. The SMILES string of the molecule is c1cc(-c2cnc(Nc3cc(N4CCNCC4)ccn3)s2)ccn1. The monoisotopic (exact) mass is 338 g/mol. The van der Waals surface area contributed by atoms with E-state index in [9.17, 15) is 0 Å². The summed E-state index contributed by atoms with van der Waals surface area (Å²) < 4.78 is 0. The van der Waals surface area contributed by atoms with Gasteiger partial charge in [-0.3, -0.25) is 4.98 Å². The molecule has 7 heteroatoms. The van der Waals surface area contributed by atoms with Gasteiger partial charge in [-0.05, 0) is 23.8 Å². The summed E-state index contributed by atoms with van der Waals surface area (Å²) in [7, 11) is 0. The minimum Gasteiger partial charge on any atom is -0.369 e. The molecule has 0 unspecified atom stereocenters. The number of hydrogen-bond acceptors (Lipinski definition) is 7. The molecule has 0 spiro atoms. The van der Waals surface area contributed by atoms with Gasteiger partial charge in [0.2, 0.25) is 0 Å². The lowest BCUT2D eigenvalue weighted by Gasteiger charge is -2.29. The molecule has 0 amide bonds. The Bertz CT molecular complexity index is 798. The molecule has 2 N–H and O–H groups in total. The molecule has 0 aromatic carbocycles. The van der Waals surface area contributed by atoms with Crippen molar-refractivity contribution in [1.29, 1.82) is 0 Å². The van der Waals surface area contributed by atoms with Gasteiger partial charge in [0.25, 0.3) is 0 Å². The van der Waals surface area contributed by atoms with Gasteiger partial charge in [-0.15, -0.1) is 0 Å². The molecule has 1 saturated heterocycles. The summed E-state index contributed by atoms with van der Waals surface area (Å²) in [5.74, 6) is 0.821. The molecule has 1 fully saturated rings. The number of piperazine rings is 1. The molecule has 0 saturated carbocycles. The normalized spacial score (nSPS) is 14.6. The van der Waals surface area contributed by atoms with E-state index in [1.807, 2.05) is 24.5 Å². The zero-order chi connectivity index (χ0) is 16.2. The molecule has 3 aromatic heterocycles. The average molecular weight is 338 g/mol. The highest BCUT2D eigenvalue weighted by Crippen LogP contribution is 2.30. The molecule has 0 aliphatic carbocycles. The second kappa shape index (κ2) is 6.94. The highest BCUT2D eigenvalue weighted by atomic mass is 32.1. The average Bonchev–Trinajstić information content (AvgIpc) is 3.12. The van der Waals surface area contributed by atoms with Gasteiger partial charge in [-0.2, -0.15) is 0 Å². The van der Waals surface area contributed by atoms with Crippen molar-refractivity contribution in [1.82, 2.24) is 20.3 Å². The van der Waals surface area contributed by atoms with Gasteiger partial charge < -0.3 is 15.5 Å². The van der Waals surface area contributed by atoms with Gasteiger partial charge in [-0.1, -0.05) is 11.3 Å². The van der Waals surface area contributed by atoms with Crippen LogP contribution in [0, 0.1) is 0 Å². The number of anilines is 3. The molecular formula is C17H18N6S. The van der Waals surface area contributed by atoms with E-state index in [0.29, 0.717) is 0 Å². The first kappa shape index (κ1) is 15.0. The summed E-state index contributed by atoms with van der Waals surface area (Å²) in [6.45, 7) is 4.08. The van der Waals surface area contributed by atoms with Crippen molar-refractivity contribution in [2.45, 2.75) is 0 Å². The van der Waals surface area contributed by atoms with E-state index in [1.165, 1.54) is 5.69 Å². The van der Waals surface area contributed by atoms with Crippen LogP contribution in [0.3, 0.4) is 0 Å². The quantitative estimate of drug-likeness (QED) is 0.762. The third-order valence-corrected chi connectivity index (χ3v) is 4.89. The number of aromatic nitrogens is 3. The van der Waals surface area contributed by atoms with Crippen LogP contribution >= 0.6 is 11.3 Å². The molecule has 6 nitrogen and oxygen atoms in total. The van der Waals surface area contributed by atoms with Gasteiger partial charge in [0, 0.05) is 62.7 Å². The van der Waals surface area contributed by atoms with Crippen molar-refractivity contribution in [2.24, 2.45) is 0 Å². The van der Waals surface area contributed by atoms with E-state index in [1.54, 1.807) is 23.7 Å². The van der Waals surface area contributed by atoms with Crippen molar-refractivity contribution in [2.75, 3.05) is 36.4 Å². The summed E-state index contributed by atoms with van der Waals surface area (Å²) in [4.78, 5) is 16.4. The summed E-state index contributed by atoms with van der Waals surface area (Å²) >= 11 is 1.61. The standard InChI is InChI=1S/C17H18N6S/c1-4-18-5-2-13(1)15-12-21-17(24-15)22-16-11-14(3-6-20-16)23-9-7-19-8-10-23/h1-6,11-12,19H,7-10H2,(H,20,21,22). The predicted molar refractivity (Wildman–Crippen MR) is 97.9 cm³/mol. The topological polar surface area (TPSA) is 66.0 Å². The van der Waals surface area contributed by atoms with Crippen LogP contribution in [0.15, 0.2) is 49.1 Å². The Kier molecular flexibility index (Phi) is 4.35. The lowest BCUT2D eigenvalue weighted by Crippen LogP contribution is -2.43. The molecule has 0 atom stereocenters. The van der Waals surface area contributed by atoms with Gasteiger partial charge in [-0.25, -0.2) is 9.97 Å². The van der Waals surface area contributed by atoms with Crippen LogP contribution in [-0.2, 0) is 0 Å². The van der Waals surface area contributed by atoms with Crippen LogP contribution in [0.5, 0.6) is 0 Å². The summed E-state index contributed by atoms with van der Waals surface area (Å²) in [5, 5.41) is 7.52. The second-order valence-corrected chi connectivity index (χ2v) is 6.56. The van der Waals surface area contributed by atoms with Crippen LogP contribution in [0.1, 0.15) is 0 Å². The fourth-order valence-corrected chi connectivity index (χ4v) is 3.53. The molecule has 4 rings (SSSR count). The van der Waals surface area contributed by atoms with E-state index >= 15 is 0 Å². The lowest BCUT2D eigenvalue weighted by molar-refractivity contribution is 0.589.